The molecular formula is C26H17F8NO2. The van der Waals surface area contributed by atoms with Gasteiger partial charge < -0.3 is 9.47 Å². The lowest BCUT2D eigenvalue weighted by Crippen LogP contribution is -2.25. The molecule has 0 aromatic heterocycles. The predicted molar refractivity (Wildman–Crippen MR) is 114 cm³/mol. The van der Waals surface area contributed by atoms with Gasteiger partial charge in [-0.1, -0.05) is 6.92 Å². The maximum absolute atomic E-state index is 14.8. The van der Waals surface area contributed by atoms with Gasteiger partial charge in [0.2, 0.25) is 0 Å². The molecule has 194 valence electrons. The summed E-state index contributed by atoms with van der Waals surface area (Å²) in [6.07, 6.45) is -4.08. The minimum absolute atomic E-state index is 0.185. The number of nitrogens with zero attached hydrogens (tertiary/aromatic N) is 1. The molecule has 1 aliphatic rings. The summed E-state index contributed by atoms with van der Waals surface area (Å²) in [6, 6.07) is 4.13. The van der Waals surface area contributed by atoms with Crippen molar-refractivity contribution in [2.75, 3.05) is 6.61 Å². The fourth-order valence-corrected chi connectivity index (χ4v) is 4.11. The highest BCUT2D eigenvalue weighted by atomic mass is 19.3. The van der Waals surface area contributed by atoms with Crippen molar-refractivity contribution in [3.8, 4) is 22.9 Å². The zero-order valence-corrected chi connectivity index (χ0v) is 19.0. The van der Waals surface area contributed by atoms with Crippen molar-refractivity contribution in [2.24, 2.45) is 5.92 Å². The second-order valence-corrected chi connectivity index (χ2v) is 8.67. The molecule has 3 aromatic rings. The van der Waals surface area contributed by atoms with Crippen molar-refractivity contribution in [3.05, 3.63) is 88.0 Å². The van der Waals surface area contributed by atoms with Gasteiger partial charge in [-0.05, 0) is 54.2 Å². The molecule has 0 bridgehead atoms. The highest BCUT2D eigenvalue weighted by molar-refractivity contribution is 5.66. The van der Waals surface area contributed by atoms with Gasteiger partial charge in [-0.3, -0.25) is 0 Å². The van der Waals surface area contributed by atoms with Crippen LogP contribution in [0.3, 0.4) is 0 Å². The summed E-state index contributed by atoms with van der Waals surface area (Å²) >= 11 is 0. The second kappa shape index (κ2) is 10.0. The van der Waals surface area contributed by atoms with Gasteiger partial charge in [-0.25, -0.2) is 26.3 Å². The molecule has 0 radical (unpaired) electrons. The Morgan fingerprint density at radius 1 is 0.838 bits per heavy atom. The first-order valence-corrected chi connectivity index (χ1v) is 11.0. The van der Waals surface area contributed by atoms with Crippen LogP contribution in [0, 0.1) is 52.2 Å². The standard InChI is InChI=1S/C26H17F8NO2/c1-12-2-3-23(36-11-12)13-4-19(29)24(20(30)5-13)14-6-21(31)25(22(32)7-14)26(33,34)37-15-8-17(27)16(10-35)18(28)9-15/h4-9,12,23H,2-3,11H2,1H3. The molecule has 1 aliphatic heterocycles. The van der Waals surface area contributed by atoms with E-state index in [1.807, 2.05) is 6.92 Å². The maximum atomic E-state index is 14.8. The van der Waals surface area contributed by atoms with E-state index in [2.05, 4.69) is 4.74 Å². The van der Waals surface area contributed by atoms with E-state index in [1.54, 1.807) is 0 Å². The monoisotopic (exact) mass is 527 g/mol. The maximum Gasteiger partial charge on any atom is 0.432 e. The molecule has 0 saturated carbocycles. The lowest BCUT2D eigenvalue weighted by molar-refractivity contribution is -0.189. The van der Waals surface area contributed by atoms with E-state index in [0.29, 0.717) is 13.0 Å². The van der Waals surface area contributed by atoms with Gasteiger partial charge >= 0.3 is 6.11 Å². The third kappa shape index (κ3) is 5.25. The third-order valence-corrected chi connectivity index (χ3v) is 5.94. The van der Waals surface area contributed by atoms with Crippen LogP contribution in [0.4, 0.5) is 35.1 Å². The second-order valence-electron chi connectivity index (χ2n) is 8.67. The molecule has 0 N–H and O–H groups in total. The molecular weight excluding hydrogens is 510 g/mol. The van der Waals surface area contributed by atoms with Crippen LogP contribution in [0.5, 0.6) is 5.75 Å². The molecule has 1 fully saturated rings. The molecule has 0 amide bonds. The number of hydrogen-bond donors (Lipinski definition) is 0. The van der Waals surface area contributed by atoms with Crippen molar-refractivity contribution in [1.82, 2.24) is 0 Å². The minimum Gasteiger partial charge on any atom is -0.429 e. The first-order valence-electron chi connectivity index (χ1n) is 11.0. The Balaban J connectivity index is 1.66. The van der Waals surface area contributed by atoms with Crippen molar-refractivity contribution in [2.45, 2.75) is 32.0 Å². The number of alkyl halides is 2. The third-order valence-electron chi connectivity index (χ3n) is 5.94. The van der Waals surface area contributed by atoms with Gasteiger partial charge in [-0.2, -0.15) is 14.0 Å². The van der Waals surface area contributed by atoms with Gasteiger partial charge in [-0.15, -0.1) is 0 Å². The van der Waals surface area contributed by atoms with E-state index in [9.17, 15) is 35.1 Å². The Hall–Kier alpha value is -3.65. The fourth-order valence-electron chi connectivity index (χ4n) is 4.11. The van der Waals surface area contributed by atoms with Crippen LogP contribution < -0.4 is 4.74 Å². The number of ether oxygens (including phenoxy) is 2. The summed E-state index contributed by atoms with van der Waals surface area (Å²) in [7, 11) is 0. The zero-order chi connectivity index (χ0) is 27.1. The Labute approximate surface area is 205 Å². The lowest BCUT2D eigenvalue weighted by Gasteiger charge is -2.27. The average molecular weight is 527 g/mol. The Morgan fingerprint density at radius 2 is 1.41 bits per heavy atom. The molecule has 0 spiro atoms. The summed E-state index contributed by atoms with van der Waals surface area (Å²) in [5, 5.41) is 8.65. The number of rotatable bonds is 5. The van der Waals surface area contributed by atoms with Crippen LogP contribution in [0.2, 0.25) is 0 Å². The SMILES string of the molecule is CC1CCC(c2cc(F)c(-c3cc(F)c(C(F)(F)Oc4cc(F)c(C#N)c(F)c4)c(F)c3)c(F)c2)OC1. The van der Waals surface area contributed by atoms with Crippen LogP contribution in [-0.4, -0.2) is 6.61 Å². The molecule has 2 atom stereocenters. The smallest absolute Gasteiger partial charge is 0.429 e. The van der Waals surface area contributed by atoms with Gasteiger partial charge in [0.15, 0.2) is 0 Å². The Bertz CT molecular complexity index is 1320. The molecule has 4 rings (SSSR count). The topological polar surface area (TPSA) is 42.2 Å². The highest BCUT2D eigenvalue weighted by Gasteiger charge is 2.42. The zero-order valence-electron chi connectivity index (χ0n) is 19.0. The van der Waals surface area contributed by atoms with Crippen molar-refractivity contribution < 1.29 is 44.6 Å². The van der Waals surface area contributed by atoms with E-state index < -0.39 is 75.1 Å². The summed E-state index contributed by atoms with van der Waals surface area (Å²) in [5.41, 5.74) is -4.40. The van der Waals surface area contributed by atoms with E-state index in [-0.39, 0.29) is 35.7 Å². The number of hydrogen-bond acceptors (Lipinski definition) is 3. The van der Waals surface area contributed by atoms with Crippen molar-refractivity contribution >= 4 is 0 Å². The molecule has 1 heterocycles. The first-order chi connectivity index (χ1) is 17.4. The van der Waals surface area contributed by atoms with Crippen LogP contribution in [0.1, 0.15) is 42.6 Å². The molecule has 3 aromatic carbocycles. The Morgan fingerprint density at radius 3 is 1.89 bits per heavy atom. The summed E-state index contributed by atoms with van der Waals surface area (Å²) in [4.78, 5) is 0. The molecule has 2 unspecified atom stereocenters. The molecule has 3 nitrogen and oxygen atoms in total. The van der Waals surface area contributed by atoms with Crippen LogP contribution in [0.15, 0.2) is 36.4 Å². The van der Waals surface area contributed by atoms with E-state index in [0.717, 1.165) is 18.6 Å². The quantitative estimate of drug-likeness (QED) is 0.320. The van der Waals surface area contributed by atoms with E-state index in [4.69, 9.17) is 10.00 Å². The molecule has 37 heavy (non-hydrogen) atoms. The molecule has 11 heteroatoms. The fraction of sp³-hybridized carbons (Fsp3) is 0.269. The summed E-state index contributed by atoms with van der Waals surface area (Å²) in [6.45, 7) is 2.36. The van der Waals surface area contributed by atoms with Crippen molar-refractivity contribution in [3.63, 3.8) is 0 Å². The number of benzene rings is 3. The number of nitriles is 1. The van der Waals surface area contributed by atoms with E-state index >= 15 is 0 Å². The average Bonchev–Trinajstić information content (AvgIpc) is 2.78. The van der Waals surface area contributed by atoms with Crippen LogP contribution in [-0.2, 0) is 10.8 Å². The van der Waals surface area contributed by atoms with Gasteiger partial charge in [0.25, 0.3) is 0 Å². The first kappa shape index (κ1) is 26.4. The minimum atomic E-state index is -4.80. The predicted octanol–water partition coefficient (Wildman–Crippen LogP) is 7.68. The summed E-state index contributed by atoms with van der Waals surface area (Å²) < 4.78 is 125. The highest BCUT2D eigenvalue weighted by Crippen LogP contribution is 2.39. The summed E-state index contributed by atoms with van der Waals surface area (Å²) in [5.74, 6) is -10.2. The van der Waals surface area contributed by atoms with Crippen molar-refractivity contribution in [1.29, 1.82) is 5.26 Å². The van der Waals surface area contributed by atoms with Gasteiger partial charge in [0, 0.05) is 18.7 Å². The van der Waals surface area contributed by atoms with Crippen LogP contribution in [0.25, 0.3) is 11.1 Å². The molecule has 0 aliphatic carbocycles. The van der Waals surface area contributed by atoms with E-state index in [1.165, 1.54) is 6.07 Å². The lowest BCUT2D eigenvalue weighted by atomic mass is 9.93. The normalized spacial score (nSPS) is 17.9. The van der Waals surface area contributed by atoms with Gasteiger partial charge in [0.05, 0.1) is 11.7 Å². The largest absolute Gasteiger partial charge is 0.432 e. The van der Waals surface area contributed by atoms with Crippen LogP contribution >= 0.6 is 0 Å². The molecule has 1 saturated heterocycles. The number of halogens is 8. The Kier molecular flexibility index (Phi) is 7.15. The van der Waals surface area contributed by atoms with Gasteiger partial charge in [0.1, 0.15) is 57.8 Å².